The number of aryl methyl sites for hydroxylation is 1. The van der Waals surface area contributed by atoms with Crippen LogP contribution in [0.25, 0.3) is 22.2 Å². The number of nitrogens with zero attached hydrogens (tertiary/aromatic N) is 4. The van der Waals surface area contributed by atoms with Gasteiger partial charge in [-0.25, -0.2) is 9.97 Å². The highest BCUT2D eigenvalue weighted by Gasteiger charge is 2.15. The molecule has 0 aliphatic carbocycles. The van der Waals surface area contributed by atoms with Crippen molar-refractivity contribution in [3.8, 4) is 11.3 Å². The molecule has 0 amide bonds. The summed E-state index contributed by atoms with van der Waals surface area (Å²) in [5.41, 5.74) is 11.9. The lowest BCUT2D eigenvalue weighted by Gasteiger charge is -2.28. The molecule has 0 saturated carbocycles. The first-order valence-electron chi connectivity index (χ1n) is 10.0. The highest BCUT2D eigenvalue weighted by molar-refractivity contribution is 5.91. The number of fused-ring (bicyclic) bond motifs is 1. The number of benzene rings is 1. The molecule has 1 aliphatic rings. The minimum Gasteiger partial charge on any atom is -0.399 e. The van der Waals surface area contributed by atoms with Gasteiger partial charge in [0, 0.05) is 43.3 Å². The fourth-order valence-electron chi connectivity index (χ4n) is 3.51. The minimum absolute atomic E-state index is 0.186. The quantitative estimate of drug-likeness (QED) is 0.331. The Morgan fingerprint density at radius 3 is 2.71 bits per heavy atom. The van der Waals surface area contributed by atoms with E-state index in [9.17, 15) is 4.79 Å². The molecule has 2 aromatic heterocycles. The zero-order chi connectivity index (χ0) is 21.8. The third-order valence-corrected chi connectivity index (χ3v) is 5.17. The standard InChI is InChI=1S/C21H26N8O2/c1-28-13-25-18-10-17(14-2-4-16(5-3-14)29-6-8-31-9-7-29)27-20(19(18)21(28)30)24-11-15(22)12-26-23/h2-5,10,12-13,26H,6-9,11,22-23H2,1H3,(H,24,27)/b15-12-. The van der Waals surface area contributed by atoms with Crippen molar-refractivity contribution >= 4 is 22.4 Å². The molecule has 0 radical (unpaired) electrons. The van der Waals surface area contributed by atoms with Crippen molar-refractivity contribution in [2.75, 3.05) is 43.1 Å². The number of nitrogens with two attached hydrogens (primary N) is 2. The monoisotopic (exact) mass is 422 g/mol. The maximum absolute atomic E-state index is 12.7. The molecule has 31 heavy (non-hydrogen) atoms. The minimum atomic E-state index is -0.186. The number of nitrogens with one attached hydrogen (secondary N) is 2. The molecular formula is C21H26N8O2. The molecule has 1 aliphatic heterocycles. The molecule has 6 N–H and O–H groups in total. The highest BCUT2D eigenvalue weighted by atomic mass is 16.5. The summed E-state index contributed by atoms with van der Waals surface area (Å²) in [5.74, 6) is 5.70. The van der Waals surface area contributed by atoms with Crippen molar-refractivity contribution in [1.82, 2.24) is 20.0 Å². The lowest BCUT2D eigenvalue weighted by atomic mass is 10.1. The average molecular weight is 422 g/mol. The van der Waals surface area contributed by atoms with Crippen molar-refractivity contribution in [2.45, 2.75) is 0 Å². The summed E-state index contributed by atoms with van der Waals surface area (Å²) >= 11 is 0. The predicted octanol–water partition coefficient (Wildman–Crippen LogP) is 0.507. The van der Waals surface area contributed by atoms with Crippen LogP contribution < -0.4 is 32.8 Å². The van der Waals surface area contributed by atoms with E-state index in [0.717, 1.165) is 37.6 Å². The Kier molecular flexibility index (Phi) is 6.01. The zero-order valence-corrected chi connectivity index (χ0v) is 17.3. The van der Waals surface area contributed by atoms with Crippen LogP contribution in [0.15, 0.2) is 53.4 Å². The number of morpholine rings is 1. The van der Waals surface area contributed by atoms with Gasteiger partial charge in [-0.1, -0.05) is 12.1 Å². The first-order valence-corrected chi connectivity index (χ1v) is 10.0. The SMILES string of the molecule is Cn1cnc2cc(-c3ccc(N4CCOCC4)cc3)nc(NC/C(N)=C/NN)c2c1=O. The third kappa shape index (κ3) is 4.44. The van der Waals surface area contributed by atoms with Crippen LogP contribution in [-0.2, 0) is 11.8 Å². The Labute approximate surface area is 179 Å². The van der Waals surface area contributed by atoms with Crippen LogP contribution in [0.5, 0.6) is 0 Å². The second kappa shape index (κ2) is 9.02. The number of hydrogen-bond acceptors (Lipinski definition) is 9. The molecule has 162 valence electrons. The van der Waals surface area contributed by atoms with Gasteiger partial charge in [0.05, 0.1) is 37.3 Å². The van der Waals surface area contributed by atoms with Crippen LogP contribution in [0.2, 0.25) is 0 Å². The highest BCUT2D eigenvalue weighted by Crippen LogP contribution is 2.27. The van der Waals surface area contributed by atoms with Gasteiger partial charge in [0.15, 0.2) is 0 Å². The Morgan fingerprint density at radius 1 is 1.26 bits per heavy atom. The number of pyridine rings is 1. The lowest BCUT2D eigenvalue weighted by Crippen LogP contribution is -2.36. The first-order chi connectivity index (χ1) is 15.1. The van der Waals surface area contributed by atoms with E-state index in [4.69, 9.17) is 21.3 Å². The second-order valence-corrected chi connectivity index (χ2v) is 7.30. The molecule has 0 atom stereocenters. The number of rotatable bonds is 6. The number of ether oxygens (including phenoxy) is 1. The van der Waals surface area contributed by atoms with Crippen LogP contribution in [0.4, 0.5) is 11.5 Å². The van der Waals surface area contributed by atoms with Crippen molar-refractivity contribution in [3.63, 3.8) is 0 Å². The van der Waals surface area contributed by atoms with E-state index in [1.807, 2.05) is 18.2 Å². The molecule has 1 aromatic carbocycles. The maximum Gasteiger partial charge on any atom is 0.264 e. The van der Waals surface area contributed by atoms with Crippen LogP contribution >= 0.6 is 0 Å². The van der Waals surface area contributed by atoms with E-state index in [2.05, 4.69) is 32.8 Å². The Balaban J connectivity index is 1.71. The maximum atomic E-state index is 12.7. The van der Waals surface area contributed by atoms with Gasteiger partial charge in [-0.05, 0) is 18.2 Å². The van der Waals surface area contributed by atoms with E-state index in [-0.39, 0.29) is 12.1 Å². The summed E-state index contributed by atoms with van der Waals surface area (Å²) in [7, 11) is 1.66. The summed E-state index contributed by atoms with van der Waals surface area (Å²) in [6.45, 7) is 3.49. The first kappa shape index (κ1) is 20.6. The van der Waals surface area contributed by atoms with Crippen molar-refractivity contribution in [3.05, 3.63) is 58.9 Å². The molecule has 0 bridgehead atoms. The smallest absolute Gasteiger partial charge is 0.264 e. The Hall–Kier alpha value is -3.63. The van der Waals surface area contributed by atoms with Gasteiger partial charge in [-0.3, -0.25) is 10.6 Å². The molecule has 0 unspecified atom stereocenters. The number of hydrazine groups is 1. The fourth-order valence-corrected chi connectivity index (χ4v) is 3.51. The van der Waals surface area contributed by atoms with Crippen molar-refractivity contribution < 1.29 is 4.74 Å². The van der Waals surface area contributed by atoms with E-state index >= 15 is 0 Å². The Bertz CT molecular complexity index is 1150. The molecule has 3 heterocycles. The van der Waals surface area contributed by atoms with Gasteiger partial charge < -0.3 is 30.7 Å². The van der Waals surface area contributed by atoms with Crippen LogP contribution in [0.3, 0.4) is 0 Å². The normalized spacial score (nSPS) is 14.6. The zero-order valence-electron chi connectivity index (χ0n) is 17.3. The summed E-state index contributed by atoms with van der Waals surface area (Å²) in [6.07, 6.45) is 2.98. The van der Waals surface area contributed by atoms with Gasteiger partial charge in [0.1, 0.15) is 11.2 Å². The van der Waals surface area contributed by atoms with E-state index in [0.29, 0.717) is 28.1 Å². The lowest BCUT2D eigenvalue weighted by molar-refractivity contribution is 0.122. The third-order valence-electron chi connectivity index (χ3n) is 5.17. The number of anilines is 2. The second-order valence-electron chi connectivity index (χ2n) is 7.30. The Morgan fingerprint density at radius 2 is 2.00 bits per heavy atom. The van der Waals surface area contributed by atoms with E-state index in [1.165, 1.54) is 17.1 Å². The summed E-state index contributed by atoms with van der Waals surface area (Å²) in [6, 6.07) is 10.0. The van der Waals surface area contributed by atoms with Crippen LogP contribution in [0, 0.1) is 0 Å². The van der Waals surface area contributed by atoms with Crippen LogP contribution in [0.1, 0.15) is 0 Å². The number of aromatic nitrogens is 3. The molecular weight excluding hydrogens is 396 g/mol. The molecule has 1 fully saturated rings. The van der Waals surface area contributed by atoms with Gasteiger partial charge >= 0.3 is 0 Å². The van der Waals surface area contributed by atoms with Gasteiger partial charge in [0.2, 0.25) is 0 Å². The predicted molar refractivity (Wildman–Crippen MR) is 121 cm³/mol. The topological polar surface area (TPSA) is 136 Å². The van der Waals surface area contributed by atoms with Gasteiger partial charge in [-0.2, -0.15) is 0 Å². The van der Waals surface area contributed by atoms with E-state index in [1.54, 1.807) is 7.05 Å². The van der Waals surface area contributed by atoms with Gasteiger partial charge in [-0.15, -0.1) is 0 Å². The van der Waals surface area contributed by atoms with Crippen LogP contribution in [-0.4, -0.2) is 47.4 Å². The summed E-state index contributed by atoms with van der Waals surface area (Å²) < 4.78 is 6.85. The average Bonchev–Trinajstić information content (AvgIpc) is 2.80. The molecule has 10 nitrogen and oxygen atoms in total. The van der Waals surface area contributed by atoms with Gasteiger partial charge in [0.25, 0.3) is 5.56 Å². The summed E-state index contributed by atoms with van der Waals surface area (Å²) in [4.78, 5) is 24.2. The molecule has 3 aromatic rings. The van der Waals surface area contributed by atoms with Crippen molar-refractivity contribution in [2.24, 2.45) is 18.6 Å². The van der Waals surface area contributed by atoms with Crippen molar-refractivity contribution in [1.29, 1.82) is 0 Å². The fraction of sp³-hybridized carbons (Fsp3) is 0.286. The molecule has 10 heteroatoms. The molecule has 1 saturated heterocycles. The molecule has 0 spiro atoms. The summed E-state index contributed by atoms with van der Waals surface area (Å²) in [5, 5.41) is 3.55. The largest absolute Gasteiger partial charge is 0.399 e. The number of hydrogen-bond donors (Lipinski definition) is 4. The van der Waals surface area contributed by atoms with E-state index < -0.39 is 0 Å². The molecule has 4 rings (SSSR count).